The second-order valence-corrected chi connectivity index (χ2v) is 3.16. The highest BCUT2D eigenvalue weighted by Crippen LogP contribution is 2.18. The SMILES string of the molecule is Cc1c(Br)cncc1CCl. The van der Waals surface area contributed by atoms with Gasteiger partial charge in [0.05, 0.1) is 0 Å². The molecule has 0 unspecified atom stereocenters. The predicted molar refractivity (Wildman–Crippen MR) is 46.2 cm³/mol. The molecule has 1 heterocycles. The van der Waals surface area contributed by atoms with Crippen molar-refractivity contribution >= 4 is 27.5 Å². The van der Waals surface area contributed by atoms with Crippen molar-refractivity contribution in [3.63, 3.8) is 0 Å². The second-order valence-electron chi connectivity index (χ2n) is 2.04. The fourth-order valence-electron chi connectivity index (χ4n) is 0.674. The summed E-state index contributed by atoms with van der Waals surface area (Å²) in [6.07, 6.45) is 3.55. The Morgan fingerprint density at radius 2 is 2.30 bits per heavy atom. The minimum absolute atomic E-state index is 0.526. The van der Waals surface area contributed by atoms with Crippen molar-refractivity contribution in [2.75, 3.05) is 0 Å². The smallest absolute Gasteiger partial charge is 0.0492 e. The molecule has 0 atom stereocenters. The Morgan fingerprint density at radius 3 is 2.80 bits per heavy atom. The zero-order chi connectivity index (χ0) is 7.56. The van der Waals surface area contributed by atoms with Crippen LogP contribution in [0, 0.1) is 6.92 Å². The number of aromatic nitrogens is 1. The van der Waals surface area contributed by atoms with Crippen molar-refractivity contribution in [3.8, 4) is 0 Å². The molecule has 0 N–H and O–H groups in total. The maximum atomic E-state index is 5.64. The lowest BCUT2D eigenvalue weighted by atomic mass is 10.2. The fourth-order valence-corrected chi connectivity index (χ4v) is 1.32. The number of halogens is 2. The molecular formula is C7H7BrClN. The molecule has 1 nitrogen and oxygen atoms in total. The van der Waals surface area contributed by atoms with Crippen LogP contribution < -0.4 is 0 Å². The van der Waals surface area contributed by atoms with Gasteiger partial charge in [-0.05, 0) is 34.0 Å². The van der Waals surface area contributed by atoms with Crippen LogP contribution in [0.1, 0.15) is 11.1 Å². The lowest BCUT2D eigenvalue weighted by Crippen LogP contribution is -1.87. The maximum absolute atomic E-state index is 5.64. The van der Waals surface area contributed by atoms with Gasteiger partial charge in [0, 0.05) is 22.7 Å². The van der Waals surface area contributed by atoms with E-state index in [1.54, 1.807) is 12.4 Å². The number of hydrogen-bond acceptors (Lipinski definition) is 1. The van der Waals surface area contributed by atoms with Crippen molar-refractivity contribution in [3.05, 3.63) is 28.0 Å². The van der Waals surface area contributed by atoms with E-state index in [9.17, 15) is 0 Å². The van der Waals surface area contributed by atoms with Gasteiger partial charge in [0.25, 0.3) is 0 Å². The Kier molecular flexibility index (Phi) is 2.69. The first-order valence-corrected chi connectivity index (χ1v) is 4.23. The zero-order valence-corrected chi connectivity index (χ0v) is 7.91. The highest BCUT2D eigenvalue weighted by atomic mass is 79.9. The largest absolute Gasteiger partial charge is 0.263 e. The van der Waals surface area contributed by atoms with Gasteiger partial charge in [-0.15, -0.1) is 11.6 Å². The summed E-state index contributed by atoms with van der Waals surface area (Å²) in [6, 6.07) is 0. The Balaban J connectivity index is 3.14. The summed E-state index contributed by atoms with van der Waals surface area (Å²) < 4.78 is 1.02. The third kappa shape index (κ3) is 1.50. The van der Waals surface area contributed by atoms with E-state index >= 15 is 0 Å². The number of rotatable bonds is 1. The molecule has 0 spiro atoms. The van der Waals surface area contributed by atoms with Crippen LogP contribution in [0.3, 0.4) is 0 Å². The van der Waals surface area contributed by atoms with Crippen LogP contribution >= 0.6 is 27.5 Å². The molecule has 0 aliphatic carbocycles. The minimum Gasteiger partial charge on any atom is -0.263 e. The summed E-state index contributed by atoms with van der Waals surface area (Å²) in [7, 11) is 0. The first-order valence-electron chi connectivity index (χ1n) is 2.90. The molecule has 1 rings (SSSR count). The minimum atomic E-state index is 0.526. The zero-order valence-electron chi connectivity index (χ0n) is 5.56. The van der Waals surface area contributed by atoms with E-state index in [2.05, 4.69) is 20.9 Å². The van der Waals surface area contributed by atoms with E-state index < -0.39 is 0 Å². The molecule has 0 saturated carbocycles. The molecule has 0 aliphatic heterocycles. The third-order valence-corrected chi connectivity index (χ3v) is 2.49. The Labute approximate surface area is 73.6 Å². The number of hydrogen-bond donors (Lipinski definition) is 0. The normalized spacial score (nSPS) is 9.90. The van der Waals surface area contributed by atoms with Crippen LogP contribution in [0.2, 0.25) is 0 Å². The van der Waals surface area contributed by atoms with Crippen LogP contribution in [0.25, 0.3) is 0 Å². The van der Waals surface area contributed by atoms with Crippen LogP contribution in [0.15, 0.2) is 16.9 Å². The van der Waals surface area contributed by atoms with E-state index in [4.69, 9.17) is 11.6 Å². The molecule has 0 radical (unpaired) electrons. The molecule has 0 saturated heterocycles. The van der Waals surface area contributed by atoms with E-state index in [0.717, 1.165) is 10.0 Å². The average molecular weight is 220 g/mol. The topological polar surface area (TPSA) is 12.9 Å². The summed E-state index contributed by atoms with van der Waals surface area (Å²) in [5.74, 6) is 0.526. The van der Waals surface area contributed by atoms with Gasteiger partial charge in [0.1, 0.15) is 0 Å². The summed E-state index contributed by atoms with van der Waals surface area (Å²) in [4.78, 5) is 3.98. The fraction of sp³-hybridized carbons (Fsp3) is 0.286. The molecule has 1 aromatic rings. The maximum Gasteiger partial charge on any atom is 0.0492 e. The summed E-state index contributed by atoms with van der Waals surface area (Å²) >= 11 is 9.01. The van der Waals surface area contributed by atoms with E-state index in [-0.39, 0.29) is 0 Å². The monoisotopic (exact) mass is 219 g/mol. The van der Waals surface area contributed by atoms with Gasteiger partial charge in [-0.1, -0.05) is 0 Å². The highest BCUT2D eigenvalue weighted by Gasteiger charge is 1.99. The Hall–Kier alpha value is -0.0800. The molecule has 3 heteroatoms. The lowest BCUT2D eigenvalue weighted by Gasteiger charge is -2.01. The van der Waals surface area contributed by atoms with Crippen molar-refractivity contribution in [2.45, 2.75) is 12.8 Å². The summed E-state index contributed by atoms with van der Waals surface area (Å²) in [6.45, 7) is 2.02. The summed E-state index contributed by atoms with van der Waals surface area (Å²) in [5.41, 5.74) is 2.25. The Morgan fingerprint density at radius 1 is 1.60 bits per heavy atom. The van der Waals surface area contributed by atoms with E-state index in [1.165, 1.54) is 5.56 Å². The predicted octanol–water partition coefficient (Wildman–Crippen LogP) is 2.89. The molecule has 10 heavy (non-hydrogen) atoms. The molecule has 0 amide bonds. The third-order valence-electron chi connectivity index (χ3n) is 1.40. The average Bonchev–Trinajstić information content (AvgIpc) is 1.95. The van der Waals surface area contributed by atoms with Gasteiger partial charge in [-0.3, -0.25) is 4.98 Å². The highest BCUT2D eigenvalue weighted by molar-refractivity contribution is 9.10. The van der Waals surface area contributed by atoms with Crippen LogP contribution in [0.5, 0.6) is 0 Å². The van der Waals surface area contributed by atoms with E-state index in [0.29, 0.717) is 5.88 Å². The Bertz CT molecular complexity index is 237. The molecule has 0 aliphatic rings. The first kappa shape index (κ1) is 8.02. The molecule has 0 aromatic carbocycles. The van der Waals surface area contributed by atoms with Crippen LogP contribution in [0.4, 0.5) is 0 Å². The van der Waals surface area contributed by atoms with Gasteiger partial charge in [0.15, 0.2) is 0 Å². The lowest BCUT2D eigenvalue weighted by molar-refractivity contribution is 1.18. The van der Waals surface area contributed by atoms with Gasteiger partial charge in [-0.25, -0.2) is 0 Å². The van der Waals surface area contributed by atoms with Crippen LogP contribution in [-0.2, 0) is 5.88 Å². The van der Waals surface area contributed by atoms with Gasteiger partial charge >= 0.3 is 0 Å². The first-order chi connectivity index (χ1) is 4.75. The standard InChI is InChI=1S/C7H7BrClN/c1-5-6(2-9)3-10-4-7(5)8/h3-4H,2H2,1H3. The molecule has 0 fully saturated rings. The van der Waals surface area contributed by atoms with Gasteiger partial charge in [0.2, 0.25) is 0 Å². The number of pyridine rings is 1. The van der Waals surface area contributed by atoms with Gasteiger partial charge < -0.3 is 0 Å². The molecule has 0 bridgehead atoms. The summed E-state index contributed by atoms with van der Waals surface area (Å²) in [5, 5.41) is 0. The van der Waals surface area contributed by atoms with Gasteiger partial charge in [-0.2, -0.15) is 0 Å². The van der Waals surface area contributed by atoms with E-state index in [1.807, 2.05) is 6.92 Å². The molecule has 54 valence electrons. The van der Waals surface area contributed by atoms with Crippen LogP contribution in [-0.4, -0.2) is 4.98 Å². The quantitative estimate of drug-likeness (QED) is 0.663. The van der Waals surface area contributed by atoms with Crippen molar-refractivity contribution in [1.29, 1.82) is 0 Å². The number of nitrogens with zero attached hydrogens (tertiary/aromatic N) is 1. The molecular weight excluding hydrogens is 213 g/mol. The number of alkyl halides is 1. The molecule has 1 aromatic heterocycles. The van der Waals surface area contributed by atoms with Crippen molar-refractivity contribution in [2.24, 2.45) is 0 Å². The second kappa shape index (κ2) is 3.35. The van der Waals surface area contributed by atoms with Crippen molar-refractivity contribution < 1.29 is 0 Å². The van der Waals surface area contributed by atoms with Crippen molar-refractivity contribution in [1.82, 2.24) is 4.98 Å².